The summed E-state index contributed by atoms with van der Waals surface area (Å²) in [7, 11) is 0. The molecule has 0 fully saturated rings. The first-order valence-corrected chi connectivity index (χ1v) is 3.51. The Morgan fingerprint density at radius 2 is 1.78 bits per heavy atom. The zero-order chi connectivity index (χ0) is 7.28. The van der Waals surface area contributed by atoms with Crippen molar-refractivity contribution >= 4 is 0 Å². The van der Waals surface area contributed by atoms with Gasteiger partial charge in [-0.2, -0.15) is 0 Å². The second-order valence-electron chi connectivity index (χ2n) is 2.43. The maximum Gasteiger partial charge on any atom is -0.00333 e. The van der Waals surface area contributed by atoms with Gasteiger partial charge in [-0.3, -0.25) is 0 Å². The van der Waals surface area contributed by atoms with Crippen molar-refractivity contribution in [1.82, 2.24) is 0 Å². The first-order chi connectivity index (χ1) is 4.26. The van der Waals surface area contributed by atoms with Gasteiger partial charge < -0.3 is 0 Å². The predicted molar refractivity (Wildman–Crippen MR) is 43.3 cm³/mol. The van der Waals surface area contributed by atoms with E-state index in [-0.39, 0.29) is 0 Å². The van der Waals surface area contributed by atoms with Crippen molar-refractivity contribution in [1.29, 1.82) is 0 Å². The molecule has 0 aromatic rings. The van der Waals surface area contributed by atoms with Crippen LogP contribution >= 0.6 is 0 Å². The van der Waals surface area contributed by atoms with Crippen LogP contribution in [0.4, 0.5) is 0 Å². The largest absolute Gasteiger partial charge is 0.102 e. The van der Waals surface area contributed by atoms with Crippen molar-refractivity contribution in [2.45, 2.75) is 20.3 Å². The summed E-state index contributed by atoms with van der Waals surface area (Å²) in [6.07, 6.45) is 5.12. The molecule has 0 aliphatic heterocycles. The number of hydrogen-bond acceptors (Lipinski definition) is 0. The molecule has 0 aromatic carbocycles. The van der Waals surface area contributed by atoms with E-state index in [0.717, 1.165) is 0 Å². The molecule has 0 N–H and O–H groups in total. The van der Waals surface area contributed by atoms with E-state index >= 15 is 0 Å². The third kappa shape index (κ3) is 2.50. The Labute approximate surface area is 58.3 Å². The van der Waals surface area contributed by atoms with Crippen LogP contribution in [0.25, 0.3) is 0 Å². The summed E-state index contributed by atoms with van der Waals surface area (Å²) in [4.78, 5) is 0. The highest BCUT2D eigenvalue weighted by atomic mass is 14.1. The van der Waals surface area contributed by atoms with Crippen molar-refractivity contribution in [3.8, 4) is 0 Å². The molecule has 1 atom stereocenters. The lowest BCUT2D eigenvalue weighted by Gasteiger charge is -2.13. The van der Waals surface area contributed by atoms with Crippen LogP contribution in [0, 0.1) is 11.8 Å². The van der Waals surface area contributed by atoms with Gasteiger partial charge in [0, 0.05) is 0 Å². The lowest BCUT2D eigenvalue weighted by Crippen LogP contribution is -2.03. The van der Waals surface area contributed by atoms with E-state index in [9.17, 15) is 0 Å². The average molecular weight is 124 g/mol. The van der Waals surface area contributed by atoms with Crippen LogP contribution in [0.2, 0.25) is 0 Å². The first-order valence-electron chi connectivity index (χ1n) is 3.51. The van der Waals surface area contributed by atoms with Crippen LogP contribution in [0.5, 0.6) is 0 Å². The van der Waals surface area contributed by atoms with Crippen LogP contribution in [-0.4, -0.2) is 0 Å². The van der Waals surface area contributed by atoms with E-state index in [0.29, 0.717) is 11.8 Å². The Kier molecular flexibility index (Phi) is 4.12. The highest BCUT2D eigenvalue weighted by Gasteiger charge is 2.05. The molecule has 0 saturated carbocycles. The van der Waals surface area contributed by atoms with Gasteiger partial charge >= 0.3 is 0 Å². The quantitative estimate of drug-likeness (QED) is 0.505. The van der Waals surface area contributed by atoms with Crippen LogP contribution < -0.4 is 0 Å². The summed E-state index contributed by atoms with van der Waals surface area (Å²) in [5.41, 5.74) is 0. The zero-order valence-electron chi connectivity index (χ0n) is 6.43. The molecular formula is C9H16. The summed E-state index contributed by atoms with van der Waals surface area (Å²) < 4.78 is 0. The summed E-state index contributed by atoms with van der Waals surface area (Å²) in [6, 6.07) is 0. The minimum atomic E-state index is 0.495. The van der Waals surface area contributed by atoms with E-state index < -0.39 is 0 Å². The van der Waals surface area contributed by atoms with Crippen LogP contribution in [0.1, 0.15) is 20.3 Å². The molecule has 0 saturated heterocycles. The van der Waals surface area contributed by atoms with Crippen LogP contribution in [0.3, 0.4) is 0 Å². The topological polar surface area (TPSA) is 0 Å². The second kappa shape index (κ2) is 4.37. The monoisotopic (exact) mass is 124 g/mol. The van der Waals surface area contributed by atoms with Crippen molar-refractivity contribution in [2.75, 3.05) is 0 Å². The van der Waals surface area contributed by atoms with Gasteiger partial charge in [0.25, 0.3) is 0 Å². The second-order valence-corrected chi connectivity index (χ2v) is 2.43. The minimum absolute atomic E-state index is 0.495. The third-order valence-electron chi connectivity index (χ3n) is 1.85. The smallest absolute Gasteiger partial charge is 0.00333 e. The molecule has 52 valence electrons. The maximum atomic E-state index is 3.73. The summed E-state index contributed by atoms with van der Waals surface area (Å²) in [6.45, 7) is 11.9. The fraction of sp³-hybridized carbons (Fsp3) is 0.556. The van der Waals surface area contributed by atoms with Gasteiger partial charge in [-0.1, -0.05) is 32.4 Å². The van der Waals surface area contributed by atoms with Gasteiger partial charge in [0.1, 0.15) is 0 Å². The van der Waals surface area contributed by atoms with Gasteiger partial charge in [-0.15, -0.1) is 13.2 Å². The third-order valence-corrected chi connectivity index (χ3v) is 1.85. The van der Waals surface area contributed by atoms with Gasteiger partial charge in [0.15, 0.2) is 0 Å². The Bertz CT molecular complexity index is 84.2. The predicted octanol–water partition coefficient (Wildman–Crippen LogP) is 3.02. The maximum absolute atomic E-state index is 3.73. The molecule has 0 spiro atoms. The van der Waals surface area contributed by atoms with Gasteiger partial charge in [0.05, 0.1) is 0 Å². The molecular weight excluding hydrogens is 108 g/mol. The minimum Gasteiger partial charge on any atom is -0.102 e. The van der Waals surface area contributed by atoms with Gasteiger partial charge in [0.2, 0.25) is 0 Å². The molecule has 0 nitrogen and oxygen atoms in total. The van der Waals surface area contributed by atoms with Crippen molar-refractivity contribution in [3.05, 3.63) is 25.3 Å². The van der Waals surface area contributed by atoms with E-state index in [1.165, 1.54) is 6.42 Å². The van der Waals surface area contributed by atoms with Crippen molar-refractivity contribution < 1.29 is 0 Å². The fourth-order valence-corrected chi connectivity index (χ4v) is 0.833. The number of hydrogen-bond donors (Lipinski definition) is 0. The summed E-state index contributed by atoms with van der Waals surface area (Å²) in [5.74, 6) is 1.19. The normalized spacial score (nSPS) is 13.2. The number of allylic oxidation sites excluding steroid dienone is 2. The van der Waals surface area contributed by atoms with E-state index in [2.05, 4.69) is 27.0 Å². The Morgan fingerprint density at radius 1 is 1.33 bits per heavy atom. The molecule has 0 bridgehead atoms. The Morgan fingerprint density at radius 3 is 1.89 bits per heavy atom. The number of rotatable bonds is 4. The molecule has 0 rings (SSSR count). The molecule has 0 radical (unpaired) electrons. The van der Waals surface area contributed by atoms with Crippen LogP contribution in [0.15, 0.2) is 25.3 Å². The van der Waals surface area contributed by atoms with Crippen molar-refractivity contribution in [2.24, 2.45) is 11.8 Å². The summed E-state index contributed by atoms with van der Waals surface area (Å²) >= 11 is 0. The molecule has 0 aliphatic carbocycles. The molecule has 0 aliphatic rings. The van der Waals surface area contributed by atoms with Crippen molar-refractivity contribution in [3.63, 3.8) is 0 Å². The average Bonchev–Trinajstić information content (AvgIpc) is 1.90. The highest BCUT2D eigenvalue weighted by molar-refractivity contribution is 4.94. The highest BCUT2D eigenvalue weighted by Crippen LogP contribution is 2.16. The molecule has 0 heteroatoms. The van der Waals surface area contributed by atoms with Gasteiger partial charge in [-0.25, -0.2) is 0 Å². The molecule has 0 aromatic heterocycles. The zero-order valence-corrected chi connectivity index (χ0v) is 6.43. The molecule has 0 heterocycles. The Hall–Kier alpha value is -0.520. The summed E-state index contributed by atoms with van der Waals surface area (Å²) in [5, 5.41) is 0. The Balaban J connectivity index is 3.77. The molecule has 9 heavy (non-hydrogen) atoms. The standard InChI is InChI=1S/C9H16/c1-5-8(4)9(6-2)7-3/h6-9H,2-3,5H2,1,4H3. The SMILES string of the molecule is C=CC(C=C)C(C)CC. The molecule has 1 unspecified atom stereocenters. The molecule has 0 amide bonds. The van der Waals surface area contributed by atoms with Gasteiger partial charge in [-0.05, 0) is 11.8 Å². The first kappa shape index (κ1) is 8.48. The van der Waals surface area contributed by atoms with E-state index in [4.69, 9.17) is 0 Å². The lowest BCUT2D eigenvalue weighted by atomic mass is 9.92. The van der Waals surface area contributed by atoms with Crippen LogP contribution in [-0.2, 0) is 0 Å². The van der Waals surface area contributed by atoms with E-state index in [1.807, 2.05) is 12.2 Å². The van der Waals surface area contributed by atoms with E-state index in [1.54, 1.807) is 0 Å². The lowest BCUT2D eigenvalue weighted by molar-refractivity contribution is 0.484. The fourth-order valence-electron chi connectivity index (χ4n) is 0.833.